The molecule has 3 aromatic heterocycles. The van der Waals surface area contributed by atoms with Crippen molar-refractivity contribution < 1.29 is 22.0 Å². The van der Waals surface area contributed by atoms with E-state index in [1.807, 2.05) is 15.9 Å². The molecule has 0 spiro atoms. The number of imidazole rings is 1. The number of nitrogens with one attached hydrogen (secondary N) is 2. The minimum Gasteiger partial charge on any atom is -0.366 e. The maximum absolute atomic E-state index is 13.4. The van der Waals surface area contributed by atoms with Gasteiger partial charge in [0.2, 0.25) is 10.0 Å². The van der Waals surface area contributed by atoms with Gasteiger partial charge in [-0.2, -0.15) is 9.98 Å². The van der Waals surface area contributed by atoms with Crippen LogP contribution in [0.25, 0.3) is 16.3 Å². The van der Waals surface area contributed by atoms with Crippen LogP contribution in [-0.2, 0) is 10.0 Å². The summed E-state index contributed by atoms with van der Waals surface area (Å²) in [7, 11) is -4.12. The maximum Gasteiger partial charge on any atom is 0.320 e. The lowest BCUT2D eigenvalue weighted by molar-refractivity contribution is 0.144. The fourth-order valence-electron chi connectivity index (χ4n) is 4.90. The average molecular weight is 593 g/mol. The van der Waals surface area contributed by atoms with Crippen molar-refractivity contribution in [2.45, 2.75) is 29.7 Å². The molecule has 2 N–H and O–H groups in total. The number of rotatable bonds is 6. The smallest absolute Gasteiger partial charge is 0.320 e. The highest BCUT2D eigenvalue weighted by atomic mass is 32.2. The number of nitriles is 1. The number of halogens is 2. The van der Waals surface area contributed by atoms with Gasteiger partial charge in [-0.15, -0.1) is 10.2 Å². The molecule has 0 atom stereocenters. The Balaban J connectivity index is 1.35. The van der Waals surface area contributed by atoms with Gasteiger partial charge in [0.05, 0.1) is 23.5 Å². The van der Waals surface area contributed by atoms with Crippen molar-refractivity contribution in [3.8, 4) is 16.9 Å². The van der Waals surface area contributed by atoms with Gasteiger partial charge in [0.1, 0.15) is 10.4 Å². The lowest BCUT2D eigenvalue weighted by atomic mass is 10.2. The van der Waals surface area contributed by atoms with Gasteiger partial charge in [-0.1, -0.05) is 11.3 Å². The first-order chi connectivity index (χ1) is 19.2. The molecule has 0 bridgehead atoms. The minimum atomic E-state index is -4.12. The SMILES string of the molecule is N#CC1(NS(=O)(=O)c2cc(N3CCN(C(=O)N4CCNCC4)CC3)c3cnc(-c4nnc(C(F)F)s4)n3c2)CC1. The van der Waals surface area contributed by atoms with Gasteiger partial charge in [-0.25, -0.2) is 27.0 Å². The van der Waals surface area contributed by atoms with Gasteiger partial charge in [-0.3, -0.25) is 4.40 Å². The Morgan fingerprint density at radius 1 is 1.12 bits per heavy atom. The standard InChI is InChI=1S/C23H26F2N10O3S2/c24-18(25)20-29-30-21(39-20)19-28-12-17-16(11-15(13-35(17)19)40(37,38)31-23(14-26)1-2-23)32-7-9-34(10-8-32)22(36)33-5-3-27-4-6-33/h11-13,18,27,31H,1-10H2. The molecule has 3 aliphatic rings. The molecule has 1 aliphatic carbocycles. The highest BCUT2D eigenvalue weighted by Crippen LogP contribution is 2.37. The summed E-state index contributed by atoms with van der Waals surface area (Å²) in [6, 6.07) is 3.53. The minimum absolute atomic E-state index is 0.0178. The molecule has 0 aromatic carbocycles. The van der Waals surface area contributed by atoms with Crippen molar-refractivity contribution in [3.63, 3.8) is 0 Å². The summed E-state index contributed by atoms with van der Waals surface area (Å²) in [6.07, 6.45) is 0.920. The Bertz CT molecular complexity index is 1580. The molecule has 1 saturated carbocycles. The van der Waals surface area contributed by atoms with Crippen LogP contribution in [0.4, 0.5) is 19.3 Å². The first-order valence-corrected chi connectivity index (χ1v) is 15.1. The van der Waals surface area contributed by atoms with Crippen LogP contribution < -0.4 is 14.9 Å². The summed E-state index contributed by atoms with van der Waals surface area (Å²) < 4.78 is 57.2. The monoisotopic (exact) mass is 592 g/mol. The Morgan fingerprint density at radius 2 is 1.82 bits per heavy atom. The zero-order chi connectivity index (χ0) is 28.1. The molecular weight excluding hydrogens is 566 g/mol. The third-order valence-electron chi connectivity index (χ3n) is 7.30. The van der Waals surface area contributed by atoms with Gasteiger partial charge in [0, 0.05) is 58.6 Å². The number of aromatic nitrogens is 4. The van der Waals surface area contributed by atoms with E-state index in [4.69, 9.17) is 0 Å². The summed E-state index contributed by atoms with van der Waals surface area (Å²) in [5, 5.41) is 19.7. The lowest BCUT2D eigenvalue weighted by Crippen LogP contribution is -2.56. The highest BCUT2D eigenvalue weighted by Gasteiger charge is 2.47. The number of amides is 2. The highest BCUT2D eigenvalue weighted by molar-refractivity contribution is 7.89. The zero-order valence-electron chi connectivity index (χ0n) is 21.3. The molecule has 5 heterocycles. The van der Waals surface area contributed by atoms with Gasteiger partial charge in [-0.05, 0) is 18.9 Å². The Kier molecular flexibility index (Phi) is 6.81. The first kappa shape index (κ1) is 26.7. The van der Waals surface area contributed by atoms with E-state index in [-0.39, 0.29) is 21.8 Å². The van der Waals surface area contributed by atoms with Crippen LogP contribution in [-0.4, -0.2) is 102 Å². The van der Waals surface area contributed by atoms with E-state index >= 15 is 0 Å². The first-order valence-electron chi connectivity index (χ1n) is 12.8. The van der Waals surface area contributed by atoms with Crippen molar-refractivity contribution >= 4 is 38.6 Å². The number of carbonyl (C=O) groups excluding carboxylic acids is 1. The predicted octanol–water partition coefficient (Wildman–Crippen LogP) is 1.27. The molecule has 17 heteroatoms. The Labute approximate surface area is 232 Å². The molecule has 3 fully saturated rings. The molecule has 2 aliphatic heterocycles. The topological polar surface area (TPSA) is 152 Å². The molecule has 40 heavy (non-hydrogen) atoms. The van der Waals surface area contributed by atoms with E-state index in [1.165, 1.54) is 22.9 Å². The number of alkyl halides is 2. The van der Waals surface area contributed by atoms with E-state index in [0.29, 0.717) is 74.7 Å². The number of nitrogens with zero attached hydrogens (tertiary/aromatic N) is 8. The lowest BCUT2D eigenvalue weighted by Gasteiger charge is -2.39. The number of hydrogen-bond donors (Lipinski definition) is 2. The largest absolute Gasteiger partial charge is 0.366 e. The third-order valence-corrected chi connectivity index (χ3v) is 9.73. The van der Waals surface area contributed by atoms with E-state index < -0.39 is 27.0 Å². The van der Waals surface area contributed by atoms with E-state index in [9.17, 15) is 27.3 Å². The van der Waals surface area contributed by atoms with Gasteiger partial charge in [0.15, 0.2) is 15.8 Å². The summed E-state index contributed by atoms with van der Waals surface area (Å²) in [6.45, 7) is 4.57. The van der Waals surface area contributed by atoms with Crippen molar-refractivity contribution in [1.82, 2.24) is 39.4 Å². The molecule has 0 radical (unpaired) electrons. The fourth-order valence-corrected chi connectivity index (χ4v) is 6.98. The number of piperazine rings is 2. The summed E-state index contributed by atoms with van der Waals surface area (Å²) in [4.78, 5) is 22.9. The van der Waals surface area contributed by atoms with Crippen LogP contribution in [0.15, 0.2) is 23.4 Å². The fraction of sp³-hybridized carbons (Fsp3) is 0.522. The second kappa shape index (κ2) is 10.2. The van der Waals surface area contributed by atoms with Crippen molar-refractivity contribution in [3.05, 3.63) is 23.5 Å². The quantitative estimate of drug-likeness (QED) is 0.431. The average Bonchev–Trinajstić information content (AvgIpc) is 3.34. The van der Waals surface area contributed by atoms with E-state index in [0.717, 1.165) is 13.1 Å². The molecule has 212 valence electrons. The number of pyridine rings is 1. The molecule has 6 rings (SSSR count). The van der Waals surface area contributed by atoms with Crippen molar-refractivity contribution in [2.75, 3.05) is 57.3 Å². The number of urea groups is 1. The summed E-state index contributed by atoms with van der Waals surface area (Å²) >= 11 is 0.678. The maximum atomic E-state index is 13.4. The number of sulfonamides is 1. The summed E-state index contributed by atoms with van der Waals surface area (Å²) in [5.41, 5.74) is -0.0325. The van der Waals surface area contributed by atoms with Crippen molar-refractivity contribution in [2.24, 2.45) is 0 Å². The van der Waals surface area contributed by atoms with Crippen LogP contribution in [0.3, 0.4) is 0 Å². The number of carbonyl (C=O) groups is 1. The molecular formula is C23H26F2N10O3S2. The normalized spacial score (nSPS) is 19.3. The van der Waals surface area contributed by atoms with Gasteiger partial charge >= 0.3 is 6.03 Å². The number of hydrogen-bond acceptors (Lipinski definition) is 10. The van der Waals surface area contributed by atoms with Crippen LogP contribution in [0.1, 0.15) is 24.3 Å². The third kappa shape index (κ3) is 4.96. The second-order valence-electron chi connectivity index (χ2n) is 9.94. The van der Waals surface area contributed by atoms with E-state index in [1.54, 1.807) is 4.90 Å². The zero-order valence-corrected chi connectivity index (χ0v) is 22.9. The summed E-state index contributed by atoms with van der Waals surface area (Å²) in [5.74, 6) is 0.173. The van der Waals surface area contributed by atoms with E-state index in [2.05, 4.69) is 25.2 Å². The van der Waals surface area contributed by atoms with Crippen molar-refractivity contribution in [1.29, 1.82) is 5.26 Å². The molecule has 13 nitrogen and oxygen atoms in total. The van der Waals surface area contributed by atoms with Crippen LogP contribution in [0, 0.1) is 11.3 Å². The number of anilines is 1. The van der Waals surface area contributed by atoms with Crippen LogP contribution >= 0.6 is 11.3 Å². The van der Waals surface area contributed by atoms with Gasteiger partial charge in [0.25, 0.3) is 6.43 Å². The Hall–Kier alpha value is -3.46. The molecule has 3 aromatic rings. The predicted molar refractivity (Wildman–Crippen MR) is 141 cm³/mol. The molecule has 2 amide bonds. The van der Waals surface area contributed by atoms with Gasteiger partial charge < -0.3 is 20.0 Å². The second-order valence-corrected chi connectivity index (χ2v) is 12.6. The number of fused-ring (bicyclic) bond motifs is 1. The van der Waals surface area contributed by atoms with Crippen LogP contribution in [0.5, 0.6) is 0 Å². The molecule has 0 unspecified atom stereocenters. The Morgan fingerprint density at radius 3 is 2.45 bits per heavy atom. The van der Waals surface area contributed by atoms with Crippen LogP contribution in [0.2, 0.25) is 0 Å². The molecule has 2 saturated heterocycles.